The molecule has 11 heteroatoms. The maximum absolute atomic E-state index is 13.8. The van der Waals surface area contributed by atoms with Crippen LogP contribution in [0, 0.1) is 12.3 Å². The third-order valence-corrected chi connectivity index (χ3v) is 8.95. The molecule has 3 rings (SSSR count). The van der Waals surface area contributed by atoms with Crippen molar-refractivity contribution in [2.45, 2.75) is 110 Å². The van der Waals surface area contributed by atoms with Gasteiger partial charge in [0.25, 0.3) is 0 Å². The number of unbranched alkanes of at least 4 members (excludes halogenated alkanes) is 5. The highest BCUT2D eigenvalue weighted by atomic mass is 32.1. The number of ether oxygens (including phenoxy) is 1. The fraction of sp³-hybridized carbons (Fsp3) is 0.606. The molecular weight excluding hydrogens is 580 g/mol. The molecule has 0 aliphatic carbocycles. The van der Waals surface area contributed by atoms with Crippen LogP contribution in [0.5, 0.6) is 0 Å². The van der Waals surface area contributed by atoms with Crippen LogP contribution in [0.4, 0.5) is 0 Å². The number of benzene rings is 1. The normalized spacial score (nSPS) is 17.3. The number of aromatic nitrogens is 1. The van der Waals surface area contributed by atoms with Crippen LogP contribution >= 0.6 is 11.3 Å². The number of carbonyl (C=O) groups excluding carboxylic acids is 4. The fourth-order valence-corrected chi connectivity index (χ4v) is 6.19. The minimum atomic E-state index is -0.836. The number of aliphatic hydroxyl groups is 1. The van der Waals surface area contributed by atoms with Crippen LogP contribution in [-0.4, -0.2) is 70.5 Å². The Morgan fingerprint density at radius 2 is 1.68 bits per heavy atom. The van der Waals surface area contributed by atoms with Gasteiger partial charge in [-0.05, 0) is 36.3 Å². The van der Waals surface area contributed by atoms with Gasteiger partial charge in [-0.1, -0.05) is 70.7 Å². The molecule has 0 saturated carbocycles. The van der Waals surface area contributed by atoms with Gasteiger partial charge in [0.1, 0.15) is 12.1 Å². The number of β-amino-alcohol motifs (C(OH)–C–C–N with tert-alkyl or cyclic N) is 1. The van der Waals surface area contributed by atoms with Crippen molar-refractivity contribution < 1.29 is 29.0 Å². The summed E-state index contributed by atoms with van der Waals surface area (Å²) in [6, 6.07) is 6.26. The Balaban J connectivity index is 1.51. The number of carbonyl (C=O) groups is 4. The number of likely N-dealkylation sites (tertiary alicyclic amines) is 1. The number of hydrogen-bond acceptors (Lipinski definition) is 8. The Morgan fingerprint density at radius 1 is 1.05 bits per heavy atom. The third-order valence-electron chi connectivity index (χ3n) is 7.97. The molecule has 0 bridgehead atoms. The number of aryl methyl sites for hydroxylation is 1. The molecular formula is C33H48N4O6S. The molecule has 1 aromatic carbocycles. The number of amides is 3. The molecule has 1 aliphatic rings. The van der Waals surface area contributed by atoms with Crippen molar-refractivity contribution >= 4 is 35.0 Å². The summed E-state index contributed by atoms with van der Waals surface area (Å²) >= 11 is 1.58. The van der Waals surface area contributed by atoms with Crippen molar-refractivity contribution in [1.82, 2.24) is 20.5 Å². The van der Waals surface area contributed by atoms with Crippen LogP contribution in [0.15, 0.2) is 29.8 Å². The van der Waals surface area contributed by atoms with E-state index in [4.69, 9.17) is 0 Å². The molecule has 44 heavy (non-hydrogen) atoms. The molecule has 1 aliphatic heterocycles. The van der Waals surface area contributed by atoms with E-state index in [2.05, 4.69) is 20.4 Å². The molecule has 3 N–H and O–H groups in total. The lowest BCUT2D eigenvalue weighted by atomic mass is 9.85. The Bertz CT molecular complexity index is 1260. The van der Waals surface area contributed by atoms with Gasteiger partial charge in [-0.25, -0.2) is 4.98 Å². The largest absolute Gasteiger partial charge is 0.469 e. The summed E-state index contributed by atoms with van der Waals surface area (Å²) in [5.41, 5.74) is 4.18. The number of thiazole rings is 1. The average Bonchev–Trinajstić information content (AvgIpc) is 3.60. The Hall–Kier alpha value is -3.31. The summed E-state index contributed by atoms with van der Waals surface area (Å²) in [6.45, 7) is 7.94. The summed E-state index contributed by atoms with van der Waals surface area (Å²) in [5.74, 6) is -1.09. The van der Waals surface area contributed by atoms with Crippen LogP contribution < -0.4 is 10.6 Å². The predicted molar refractivity (Wildman–Crippen MR) is 171 cm³/mol. The first kappa shape index (κ1) is 35.2. The van der Waals surface area contributed by atoms with E-state index in [1.165, 1.54) is 12.0 Å². The van der Waals surface area contributed by atoms with E-state index in [1.807, 2.05) is 57.5 Å². The second-order valence-electron chi connectivity index (χ2n) is 12.6. The van der Waals surface area contributed by atoms with Crippen molar-refractivity contribution in [2.75, 3.05) is 13.7 Å². The van der Waals surface area contributed by atoms with Gasteiger partial charge in [0.15, 0.2) is 0 Å². The number of esters is 1. The van der Waals surface area contributed by atoms with E-state index in [1.54, 1.807) is 11.3 Å². The van der Waals surface area contributed by atoms with Gasteiger partial charge in [0.05, 0.1) is 29.3 Å². The van der Waals surface area contributed by atoms with Crippen LogP contribution in [0.3, 0.4) is 0 Å². The molecule has 2 aromatic rings. The van der Waals surface area contributed by atoms with Gasteiger partial charge in [-0.15, -0.1) is 11.3 Å². The van der Waals surface area contributed by atoms with Crippen LogP contribution in [-0.2, 0) is 30.5 Å². The first-order valence-corrected chi connectivity index (χ1v) is 16.4. The van der Waals surface area contributed by atoms with Crippen molar-refractivity contribution in [1.29, 1.82) is 0 Å². The molecule has 0 spiro atoms. The standard InChI is InChI=1S/C33H48N4O6S/c1-22-29(44-21-35-22)24-16-14-23(15-17-24)19-34-31(41)26-18-25(38)20-37(26)32(42)30(33(2,3)4)36-27(39)12-10-8-6-7-9-11-13-28(40)43-5/h14-17,21,25-26,30,38H,6-13,18-20H2,1-5H3,(H,34,41)(H,36,39). The summed E-state index contributed by atoms with van der Waals surface area (Å²) in [6.07, 6.45) is 5.34. The Morgan fingerprint density at radius 3 is 2.27 bits per heavy atom. The van der Waals surface area contributed by atoms with E-state index in [0.29, 0.717) is 25.8 Å². The lowest BCUT2D eigenvalue weighted by molar-refractivity contribution is -0.144. The smallest absolute Gasteiger partial charge is 0.305 e. The summed E-state index contributed by atoms with van der Waals surface area (Å²) in [7, 11) is 1.39. The zero-order valence-electron chi connectivity index (χ0n) is 26.7. The van der Waals surface area contributed by atoms with Gasteiger partial charge in [-0.3, -0.25) is 19.2 Å². The van der Waals surface area contributed by atoms with Gasteiger partial charge in [-0.2, -0.15) is 0 Å². The van der Waals surface area contributed by atoms with Gasteiger partial charge >= 0.3 is 5.97 Å². The summed E-state index contributed by atoms with van der Waals surface area (Å²) < 4.78 is 4.65. The number of nitrogens with one attached hydrogen (secondary N) is 2. The molecule has 1 aromatic heterocycles. The minimum Gasteiger partial charge on any atom is -0.469 e. The van der Waals surface area contributed by atoms with E-state index in [9.17, 15) is 24.3 Å². The van der Waals surface area contributed by atoms with Crippen LogP contribution in [0.2, 0.25) is 0 Å². The molecule has 1 fully saturated rings. The lowest BCUT2D eigenvalue weighted by Gasteiger charge is -2.35. The number of nitrogens with zero attached hydrogens (tertiary/aromatic N) is 2. The highest BCUT2D eigenvalue weighted by Crippen LogP contribution is 2.28. The fourth-order valence-electron chi connectivity index (χ4n) is 5.38. The zero-order chi connectivity index (χ0) is 32.3. The first-order chi connectivity index (χ1) is 20.9. The zero-order valence-corrected chi connectivity index (χ0v) is 27.5. The lowest BCUT2D eigenvalue weighted by Crippen LogP contribution is -2.57. The minimum absolute atomic E-state index is 0.0399. The molecule has 0 radical (unpaired) electrons. The van der Waals surface area contributed by atoms with Crippen molar-refractivity contribution in [3.8, 4) is 10.4 Å². The van der Waals surface area contributed by atoms with E-state index in [-0.39, 0.29) is 36.7 Å². The Labute approximate surface area is 265 Å². The second kappa shape index (κ2) is 16.7. The van der Waals surface area contributed by atoms with Gasteiger partial charge in [0, 0.05) is 32.4 Å². The highest BCUT2D eigenvalue weighted by molar-refractivity contribution is 7.13. The molecule has 3 unspecified atom stereocenters. The van der Waals surface area contributed by atoms with E-state index >= 15 is 0 Å². The quantitative estimate of drug-likeness (QED) is 0.195. The number of rotatable bonds is 15. The van der Waals surface area contributed by atoms with Gasteiger partial charge in [0.2, 0.25) is 17.7 Å². The predicted octanol–water partition coefficient (Wildman–Crippen LogP) is 4.52. The molecule has 242 valence electrons. The maximum Gasteiger partial charge on any atom is 0.305 e. The van der Waals surface area contributed by atoms with E-state index in [0.717, 1.165) is 53.8 Å². The van der Waals surface area contributed by atoms with Crippen LogP contribution in [0.25, 0.3) is 10.4 Å². The molecule has 3 atom stereocenters. The summed E-state index contributed by atoms with van der Waals surface area (Å²) in [4.78, 5) is 57.9. The van der Waals surface area contributed by atoms with Crippen LogP contribution in [0.1, 0.15) is 89.8 Å². The maximum atomic E-state index is 13.8. The molecule has 3 amide bonds. The molecule has 2 heterocycles. The highest BCUT2D eigenvalue weighted by Gasteiger charge is 2.44. The third kappa shape index (κ3) is 10.4. The van der Waals surface area contributed by atoms with Gasteiger partial charge < -0.3 is 25.4 Å². The van der Waals surface area contributed by atoms with E-state index < -0.39 is 23.6 Å². The average molecular weight is 629 g/mol. The monoisotopic (exact) mass is 628 g/mol. The van der Waals surface area contributed by atoms with Crippen molar-refractivity contribution in [2.24, 2.45) is 5.41 Å². The SMILES string of the molecule is COC(=O)CCCCCCCCC(=O)NC(C(=O)N1CC(O)CC1C(=O)NCc1ccc(-c2scnc2C)cc1)C(C)(C)C. The number of aliphatic hydroxyl groups excluding tert-OH is 1. The number of methoxy groups -OCH3 is 1. The molecule has 10 nitrogen and oxygen atoms in total. The summed E-state index contributed by atoms with van der Waals surface area (Å²) in [5, 5.41) is 16.3. The van der Waals surface area contributed by atoms with Crippen molar-refractivity contribution in [3.63, 3.8) is 0 Å². The topological polar surface area (TPSA) is 138 Å². The number of hydrogen-bond donors (Lipinski definition) is 3. The molecule has 1 saturated heterocycles. The first-order valence-electron chi connectivity index (χ1n) is 15.5. The second-order valence-corrected chi connectivity index (χ2v) is 13.5. The van der Waals surface area contributed by atoms with Crippen molar-refractivity contribution in [3.05, 3.63) is 41.0 Å². The Kier molecular flexibility index (Phi) is 13.3.